The fourth-order valence-corrected chi connectivity index (χ4v) is 4.14. The standard InChI is InChI=1S/C20H26N2OS/c1-2-22(14-18-10-6-13-24-18)15-19(23)21-16-20(11-7-12-20)17-8-4-3-5-9-17/h3-6,8-10,13H,2,7,11-12,14-16H2,1H3,(H,21,23). The molecule has 24 heavy (non-hydrogen) atoms. The summed E-state index contributed by atoms with van der Waals surface area (Å²) < 4.78 is 0. The lowest BCUT2D eigenvalue weighted by Crippen LogP contribution is -2.47. The molecule has 0 radical (unpaired) electrons. The maximum atomic E-state index is 12.4. The number of nitrogens with zero attached hydrogens (tertiary/aromatic N) is 1. The van der Waals surface area contributed by atoms with Crippen LogP contribution in [-0.2, 0) is 16.8 Å². The lowest BCUT2D eigenvalue weighted by atomic mass is 9.64. The van der Waals surface area contributed by atoms with Gasteiger partial charge in [0.15, 0.2) is 0 Å². The van der Waals surface area contributed by atoms with Crippen LogP contribution < -0.4 is 5.32 Å². The minimum Gasteiger partial charge on any atom is -0.354 e. The van der Waals surface area contributed by atoms with Crippen LogP contribution in [0.15, 0.2) is 47.8 Å². The molecule has 1 aliphatic carbocycles. The quantitative estimate of drug-likeness (QED) is 0.791. The van der Waals surface area contributed by atoms with E-state index in [0.717, 1.165) is 19.6 Å². The summed E-state index contributed by atoms with van der Waals surface area (Å²) in [6.07, 6.45) is 3.60. The zero-order valence-corrected chi connectivity index (χ0v) is 15.1. The van der Waals surface area contributed by atoms with E-state index >= 15 is 0 Å². The highest BCUT2D eigenvalue weighted by Gasteiger charge is 2.38. The molecule has 1 fully saturated rings. The second kappa shape index (κ2) is 7.95. The van der Waals surface area contributed by atoms with Crippen molar-refractivity contribution in [3.05, 3.63) is 58.3 Å². The van der Waals surface area contributed by atoms with Gasteiger partial charge in [0, 0.05) is 23.4 Å². The summed E-state index contributed by atoms with van der Waals surface area (Å²) in [5.41, 5.74) is 1.52. The average molecular weight is 343 g/mol. The molecular formula is C20H26N2OS. The van der Waals surface area contributed by atoms with Crippen molar-refractivity contribution in [2.45, 2.75) is 38.1 Å². The summed E-state index contributed by atoms with van der Waals surface area (Å²) in [5, 5.41) is 5.28. The van der Waals surface area contributed by atoms with Crippen LogP contribution >= 0.6 is 11.3 Å². The third-order valence-corrected chi connectivity index (χ3v) is 5.96. The number of rotatable bonds is 8. The van der Waals surface area contributed by atoms with Crippen LogP contribution in [0.25, 0.3) is 0 Å². The number of nitrogens with one attached hydrogen (secondary N) is 1. The smallest absolute Gasteiger partial charge is 0.234 e. The Hall–Kier alpha value is -1.65. The summed E-state index contributed by atoms with van der Waals surface area (Å²) in [4.78, 5) is 15.9. The van der Waals surface area contributed by atoms with Gasteiger partial charge in [0.1, 0.15) is 0 Å². The van der Waals surface area contributed by atoms with Crippen molar-refractivity contribution >= 4 is 17.2 Å². The minimum atomic E-state index is 0.135. The largest absolute Gasteiger partial charge is 0.354 e. The number of thiophene rings is 1. The number of hydrogen-bond donors (Lipinski definition) is 1. The zero-order chi connectivity index (χ0) is 16.8. The fourth-order valence-electron chi connectivity index (χ4n) is 3.39. The molecule has 0 saturated heterocycles. The maximum Gasteiger partial charge on any atom is 0.234 e. The van der Waals surface area contributed by atoms with Gasteiger partial charge in [0.05, 0.1) is 6.54 Å². The van der Waals surface area contributed by atoms with Gasteiger partial charge in [0.2, 0.25) is 5.91 Å². The van der Waals surface area contributed by atoms with E-state index in [2.05, 4.69) is 65.0 Å². The van der Waals surface area contributed by atoms with Gasteiger partial charge in [-0.2, -0.15) is 0 Å². The Morgan fingerprint density at radius 1 is 1.21 bits per heavy atom. The van der Waals surface area contributed by atoms with Gasteiger partial charge in [-0.3, -0.25) is 9.69 Å². The molecule has 1 aromatic heterocycles. The van der Waals surface area contributed by atoms with Gasteiger partial charge in [-0.05, 0) is 36.4 Å². The van der Waals surface area contributed by atoms with Gasteiger partial charge in [0.25, 0.3) is 0 Å². The monoisotopic (exact) mass is 342 g/mol. The van der Waals surface area contributed by atoms with Gasteiger partial charge in [-0.15, -0.1) is 11.3 Å². The highest BCUT2D eigenvalue weighted by atomic mass is 32.1. The van der Waals surface area contributed by atoms with Crippen LogP contribution in [0.3, 0.4) is 0 Å². The fraction of sp³-hybridized carbons (Fsp3) is 0.450. The summed E-state index contributed by atoms with van der Waals surface area (Å²) in [5.74, 6) is 0.135. The molecular weight excluding hydrogens is 316 g/mol. The van der Waals surface area contributed by atoms with E-state index in [1.807, 2.05) is 0 Å². The Morgan fingerprint density at radius 3 is 2.58 bits per heavy atom. The van der Waals surface area contributed by atoms with E-state index in [4.69, 9.17) is 0 Å². The summed E-state index contributed by atoms with van der Waals surface area (Å²) >= 11 is 1.75. The molecule has 3 nitrogen and oxygen atoms in total. The third-order valence-electron chi connectivity index (χ3n) is 5.09. The number of likely N-dealkylation sites (N-methyl/N-ethyl adjacent to an activating group) is 1. The summed E-state index contributed by atoms with van der Waals surface area (Å²) in [6.45, 7) is 5.07. The Balaban J connectivity index is 1.53. The molecule has 1 heterocycles. The predicted molar refractivity (Wildman–Crippen MR) is 100 cm³/mol. The van der Waals surface area contributed by atoms with Crippen LogP contribution in [-0.4, -0.2) is 30.4 Å². The van der Waals surface area contributed by atoms with Gasteiger partial charge < -0.3 is 5.32 Å². The molecule has 2 aromatic rings. The normalized spacial score (nSPS) is 15.9. The third kappa shape index (κ3) is 4.05. The van der Waals surface area contributed by atoms with Gasteiger partial charge in [-0.1, -0.05) is 49.7 Å². The van der Waals surface area contributed by atoms with Crippen molar-refractivity contribution < 1.29 is 4.79 Å². The predicted octanol–water partition coefficient (Wildman–Crippen LogP) is 3.81. The Bertz CT molecular complexity index is 635. The van der Waals surface area contributed by atoms with E-state index in [-0.39, 0.29) is 11.3 Å². The molecule has 0 spiro atoms. The molecule has 1 aliphatic rings. The Kier molecular flexibility index (Phi) is 5.69. The molecule has 1 N–H and O–H groups in total. The first-order valence-electron chi connectivity index (χ1n) is 8.79. The van der Waals surface area contributed by atoms with E-state index in [9.17, 15) is 4.79 Å². The number of carbonyl (C=O) groups excluding carboxylic acids is 1. The molecule has 128 valence electrons. The molecule has 1 aromatic carbocycles. The van der Waals surface area contributed by atoms with Crippen LogP contribution in [0.5, 0.6) is 0 Å². The molecule has 1 saturated carbocycles. The van der Waals surface area contributed by atoms with Crippen LogP contribution in [0.1, 0.15) is 36.6 Å². The molecule has 0 unspecified atom stereocenters. The van der Waals surface area contributed by atoms with Crippen molar-refractivity contribution in [1.29, 1.82) is 0 Å². The van der Waals surface area contributed by atoms with Crippen molar-refractivity contribution in [1.82, 2.24) is 10.2 Å². The van der Waals surface area contributed by atoms with Crippen molar-refractivity contribution in [3.63, 3.8) is 0 Å². The number of benzene rings is 1. The molecule has 0 bridgehead atoms. The molecule has 4 heteroatoms. The van der Waals surface area contributed by atoms with Crippen LogP contribution in [0, 0.1) is 0 Å². The van der Waals surface area contributed by atoms with Gasteiger partial charge >= 0.3 is 0 Å². The lowest BCUT2D eigenvalue weighted by molar-refractivity contribution is -0.122. The highest BCUT2D eigenvalue weighted by molar-refractivity contribution is 7.09. The molecule has 3 rings (SSSR count). The van der Waals surface area contributed by atoms with E-state index in [1.165, 1.54) is 29.7 Å². The number of amides is 1. The first-order valence-corrected chi connectivity index (χ1v) is 9.67. The summed E-state index contributed by atoms with van der Waals surface area (Å²) in [6, 6.07) is 14.8. The maximum absolute atomic E-state index is 12.4. The Labute approximate surface area is 148 Å². The topological polar surface area (TPSA) is 32.3 Å². The summed E-state index contributed by atoms with van der Waals surface area (Å²) in [7, 11) is 0. The van der Waals surface area contributed by atoms with Gasteiger partial charge in [-0.25, -0.2) is 0 Å². The average Bonchev–Trinajstić information content (AvgIpc) is 3.07. The minimum absolute atomic E-state index is 0.135. The second-order valence-electron chi connectivity index (χ2n) is 6.66. The van der Waals surface area contributed by atoms with Crippen LogP contribution in [0.4, 0.5) is 0 Å². The van der Waals surface area contributed by atoms with Crippen molar-refractivity contribution in [2.75, 3.05) is 19.6 Å². The lowest BCUT2D eigenvalue weighted by Gasteiger charge is -2.42. The molecule has 0 aliphatic heterocycles. The second-order valence-corrected chi connectivity index (χ2v) is 7.69. The molecule has 0 atom stereocenters. The van der Waals surface area contributed by atoms with E-state index < -0.39 is 0 Å². The van der Waals surface area contributed by atoms with Crippen molar-refractivity contribution in [3.8, 4) is 0 Å². The SMILES string of the molecule is CCN(CC(=O)NCC1(c2ccccc2)CCC1)Cc1cccs1. The van der Waals surface area contributed by atoms with E-state index in [0.29, 0.717) is 6.54 Å². The number of hydrogen-bond acceptors (Lipinski definition) is 3. The first-order chi connectivity index (χ1) is 11.7. The Morgan fingerprint density at radius 2 is 2.00 bits per heavy atom. The zero-order valence-electron chi connectivity index (χ0n) is 14.3. The highest BCUT2D eigenvalue weighted by Crippen LogP contribution is 2.43. The first kappa shape index (κ1) is 17.2. The molecule has 1 amide bonds. The van der Waals surface area contributed by atoms with Crippen LogP contribution in [0.2, 0.25) is 0 Å². The van der Waals surface area contributed by atoms with E-state index in [1.54, 1.807) is 11.3 Å². The number of carbonyl (C=O) groups is 1. The van der Waals surface area contributed by atoms with Crippen molar-refractivity contribution in [2.24, 2.45) is 0 Å².